The van der Waals surface area contributed by atoms with Crippen LogP contribution in [0.1, 0.15) is 48.6 Å². The number of ether oxygens (including phenoxy) is 3. The summed E-state index contributed by atoms with van der Waals surface area (Å²) < 4.78 is 16.8. The van der Waals surface area contributed by atoms with E-state index >= 15 is 0 Å². The lowest BCUT2D eigenvalue weighted by atomic mass is 9.88. The first-order valence-corrected chi connectivity index (χ1v) is 17.5. The molecule has 2 aliphatic rings. The van der Waals surface area contributed by atoms with Crippen molar-refractivity contribution in [3.63, 3.8) is 0 Å². The van der Waals surface area contributed by atoms with E-state index < -0.39 is 41.9 Å². The van der Waals surface area contributed by atoms with Gasteiger partial charge in [-0.25, -0.2) is 4.79 Å². The van der Waals surface area contributed by atoms with Crippen molar-refractivity contribution in [3.05, 3.63) is 101 Å². The third-order valence-corrected chi connectivity index (χ3v) is 9.40. The van der Waals surface area contributed by atoms with Crippen molar-refractivity contribution < 1.29 is 39.1 Å². The summed E-state index contributed by atoms with van der Waals surface area (Å²) in [6.07, 6.45) is -1.63. The van der Waals surface area contributed by atoms with Crippen molar-refractivity contribution in [1.29, 1.82) is 0 Å². The highest BCUT2D eigenvalue weighted by Crippen LogP contribution is 2.32. The smallest absolute Gasteiger partial charge is 0.408 e. The average Bonchev–Trinajstić information content (AvgIpc) is 3.43. The van der Waals surface area contributed by atoms with Crippen LogP contribution in [0, 0.1) is 5.92 Å². The molecule has 3 aromatic rings. The van der Waals surface area contributed by atoms with E-state index in [1.807, 2.05) is 78.9 Å². The van der Waals surface area contributed by atoms with Gasteiger partial charge in [0.15, 0.2) is 0 Å². The summed E-state index contributed by atoms with van der Waals surface area (Å²) >= 11 is 0. The van der Waals surface area contributed by atoms with Gasteiger partial charge in [-0.1, -0.05) is 66.7 Å². The first kappa shape index (κ1) is 37.3. The van der Waals surface area contributed by atoms with Crippen molar-refractivity contribution in [3.8, 4) is 5.75 Å². The van der Waals surface area contributed by atoms with Gasteiger partial charge in [-0.2, -0.15) is 0 Å². The molecule has 0 unspecified atom stereocenters. The molecule has 0 bridgehead atoms. The van der Waals surface area contributed by atoms with E-state index in [0.717, 1.165) is 60.9 Å². The number of nitrogens with zero attached hydrogens (tertiary/aromatic N) is 1. The Balaban J connectivity index is 1.31. The summed E-state index contributed by atoms with van der Waals surface area (Å²) in [7, 11) is 0. The van der Waals surface area contributed by atoms with Crippen molar-refractivity contribution in [2.45, 2.75) is 69.4 Å². The van der Waals surface area contributed by atoms with E-state index in [1.54, 1.807) is 13.8 Å². The molecule has 50 heavy (non-hydrogen) atoms. The Hall–Kier alpha value is -4.00. The third-order valence-electron chi connectivity index (χ3n) is 9.40. The Kier molecular flexibility index (Phi) is 13.2. The summed E-state index contributed by atoms with van der Waals surface area (Å²) in [5.74, 6) is -0.286. The monoisotopic (exact) mass is 689 g/mol. The number of nitrogens with one attached hydrogen (secondary N) is 2. The van der Waals surface area contributed by atoms with Gasteiger partial charge < -0.3 is 40.2 Å². The fourth-order valence-corrected chi connectivity index (χ4v) is 6.50. The van der Waals surface area contributed by atoms with Crippen LogP contribution in [0.4, 0.5) is 4.79 Å². The Labute approximate surface area is 294 Å². The number of benzene rings is 3. The van der Waals surface area contributed by atoms with Crippen molar-refractivity contribution >= 4 is 12.0 Å². The van der Waals surface area contributed by atoms with Gasteiger partial charge in [0.1, 0.15) is 18.0 Å². The van der Waals surface area contributed by atoms with Gasteiger partial charge in [0.25, 0.3) is 0 Å². The number of rotatable bonds is 16. The SMILES string of the molecule is CC(C)(CO)OC(=O)N[C@@H](Cc1ccccc1)[C@@H](O)C[C@H](Cc1ccc(OCCN2CCOCC2)cc1)C(=O)N[C@H]1c2ccccc2C[C@H]1O. The zero-order valence-corrected chi connectivity index (χ0v) is 29.0. The molecule has 5 N–H and O–H groups in total. The molecule has 5 rings (SSSR count). The van der Waals surface area contributed by atoms with Gasteiger partial charge in [0.05, 0.1) is 44.1 Å². The van der Waals surface area contributed by atoms with E-state index in [2.05, 4.69) is 15.5 Å². The van der Waals surface area contributed by atoms with Crippen LogP contribution in [0.5, 0.6) is 5.75 Å². The average molecular weight is 690 g/mol. The zero-order valence-electron chi connectivity index (χ0n) is 29.0. The quantitative estimate of drug-likeness (QED) is 0.153. The minimum atomic E-state index is -1.14. The van der Waals surface area contributed by atoms with Gasteiger partial charge in [-0.15, -0.1) is 0 Å². The second-order valence-electron chi connectivity index (χ2n) is 13.9. The molecule has 0 aromatic heterocycles. The van der Waals surface area contributed by atoms with E-state index in [1.165, 1.54) is 0 Å². The van der Waals surface area contributed by atoms with E-state index in [4.69, 9.17) is 14.2 Å². The van der Waals surface area contributed by atoms with Crippen LogP contribution in [-0.2, 0) is 33.5 Å². The van der Waals surface area contributed by atoms with Crippen LogP contribution in [-0.4, -0.2) is 102 Å². The van der Waals surface area contributed by atoms with Crippen LogP contribution in [0.25, 0.3) is 0 Å². The Morgan fingerprint density at radius 3 is 2.36 bits per heavy atom. The number of morpholine rings is 1. The molecule has 3 aromatic carbocycles. The Morgan fingerprint density at radius 2 is 1.64 bits per heavy atom. The Morgan fingerprint density at radius 1 is 0.960 bits per heavy atom. The van der Waals surface area contributed by atoms with Crippen LogP contribution in [0.3, 0.4) is 0 Å². The summed E-state index contributed by atoms with van der Waals surface area (Å²) in [6.45, 7) is 7.42. The number of aliphatic hydroxyl groups is 3. The van der Waals surface area contributed by atoms with Crippen LogP contribution in [0.15, 0.2) is 78.9 Å². The van der Waals surface area contributed by atoms with Crippen molar-refractivity contribution in [1.82, 2.24) is 15.5 Å². The van der Waals surface area contributed by atoms with Gasteiger partial charge in [-0.05, 0) is 67.5 Å². The molecule has 1 fully saturated rings. The van der Waals surface area contributed by atoms with Crippen LogP contribution in [0.2, 0.25) is 0 Å². The van der Waals surface area contributed by atoms with Gasteiger partial charge in [-0.3, -0.25) is 9.69 Å². The maximum Gasteiger partial charge on any atom is 0.408 e. The number of carbonyl (C=O) groups excluding carboxylic acids is 2. The second kappa shape index (κ2) is 17.8. The molecule has 270 valence electrons. The molecule has 1 aliphatic heterocycles. The molecule has 0 spiro atoms. The number of fused-ring (bicyclic) bond motifs is 1. The third kappa shape index (κ3) is 10.7. The Bertz CT molecular complexity index is 1510. The number of amides is 2. The number of hydrogen-bond acceptors (Lipinski definition) is 9. The number of carbonyl (C=O) groups is 2. The maximum atomic E-state index is 14.1. The van der Waals surface area contributed by atoms with E-state index in [9.17, 15) is 24.9 Å². The lowest BCUT2D eigenvalue weighted by Crippen LogP contribution is -2.49. The predicted octanol–water partition coefficient (Wildman–Crippen LogP) is 3.19. The van der Waals surface area contributed by atoms with Crippen molar-refractivity contribution in [2.24, 2.45) is 5.92 Å². The van der Waals surface area contributed by atoms with E-state index in [-0.39, 0.29) is 25.4 Å². The molecule has 1 saturated heterocycles. The predicted molar refractivity (Wildman–Crippen MR) is 189 cm³/mol. The minimum Gasteiger partial charge on any atom is -0.492 e. The second-order valence-corrected chi connectivity index (χ2v) is 13.9. The number of alkyl carbamates (subject to hydrolysis) is 1. The molecule has 0 radical (unpaired) electrons. The van der Waals surface area contributed by atoms with Gasteiger partial charge in [0, 0.05) is 32.0 Å². The molecule has 1 heterocycles. The highest BCUT2D eigenvalue weighted by molar-refractivity contribution is 5.80. The van der Waals surface area contributed by atoms with E-state index in [0.29, 0.717) is 19.4 Å². The molecule has 1 aliphatic carbocycles. The maximum absolute atomic E-state index is 14.1. The first-order valence-electron chi connectivity index (χ1n) is 17.5. The number of hydrogen-bond donors (Lipinski definition) is 5. The highest BCUT2D eigenvalue weighted by Gasteiger charge is 2.35. The van der Waals surface area contributed by atoms with Gasteiger partial charge in [0.2, 0.25) is 5.91 Å². The molecule has 2 amide bonds. The molecular weight excluding hydrogens is 638 g/mol. The lowest BCUT2D eigenvalue weighted by molar-refractivity contribution is -0.127. The minimum absolute atomic E-state index is 0.0231. The zero-order chi connectivity index (χ0) is 35.5. The molecule has 5 atom stereocenters. The lowest BCUT2D eigenvalue weighted by Gasteiger charge is -2.30. The van der Waals surface area contributed by atoms with Crippen LogP contribution < -0.4 is 15.4 Å². The topological polar surface area (TPSA) is 150 Å². The molecular formula is C39H51N3O8. The summed E-state index contributed by atoms with van der Waals surface area (Å²) in [5.41, 5.74) is 2.51. The molecule has 11 nitrogen and oxygen atoms in total. The number of aliphatic hydroxyl groups excluding tert-OH is 3. The summed E-state index contributed by atoms with van der Waals surface area (Å²) in [6, 6.07) is 23.4. The highest BCUT2D eigenvalue weighted by atomic mass is 16.6. The molecule has 0 saturated carbocycles. The fourth-order valence-electron chi connectivity index (χ4n) is 6.50. The van der Waals surface area contributed by atoms with Crippen molar-refractivity contribution in [2.75, 3.05) is 46.1 Å². The summed E-state index contributed by atoms with van der Waals surface area (Å²) in [5, 5.41) is 38.1. The molecule has 11 heteroatoms. The largest absolute Gasteiger partial charge is 0.492 e. The normalized spacial score (nSPS) is 19.5. The summed E-state index contributed by atoms with van der Waals surface area (Å²) in [4.78, 5) is 29.3. The fraction of sp³-hybridized carbons (Fsp3) is 0.487. The standard InChI is InChI=1S/C39H51N3O8/c1-39(2,26-43)50-38(47)40-33(23-27-8-4-3-5-9-27)34(44)25-30(37(46)41-36-32-11-7-6-10-29(32)24-35(36)45)22-28-12-14-31(15-13-28)49-21-18-42-16-19-48-20-17-42/h3-15,30,33-36,43-45H,16-26H2,1-2H3,(H,40,47)(H,41,46)/t30-,33-,34-,35+,36-/m0/s1. The van der Waals surface area contributed by atoms with Gasteiger partial charge >= 0.3 is 6.09 Å². The first-order chi connectivity index (χ1) is 24.1. The van der Waals surface area contributed by atoms with Crippen LogP contribution >= 0.6 is 0 Å².